The second kappa shape index (κ2) is 7.13. The van der Waals surface area contributed by atoms with E-state index in [2.05, 4.69) is 0 Å². The SMILES string of the molecule is CCCCN(CCO)c1ccccc1S(=O)(=O)C(F)(F)F. The summed E-state index contributed by atoms with van der Waals surface area (Å²) in [5.41, 5.74) is -5.38. The Balaban J connectivity index is 3.31. The summed E-state index contributed by atoms with van der Waals surface area (Å²) in [6, 6.07) is 4.98. The molecule has 0 aliphatic heterocycles. The number of hydrogen-bond acceptors (Lipinski definition) is 4. The van der Waals surface area contributed by atoms with E-state index in [1.165, 1.54) is 23.1 Å². The van der Waals surface area contributed by atoms with E-state index in [4.69, 9.17) is 5.11 Å². The van der Waals surface area contributed by atoms with E-state index in [9.17, 15) is 21.6 Å². The number of benzene rings is 1. The molecule has 0 saturated heterocycles. The molecular weight excluding hydrogens is 307 g/mol. The van der Waals surface area contributed by atoms with E-state index >= 15 is 0 Å². The van der Waals surface area contributed by atoms with Crippen molar-refractivity contribution >= 4 is 15.5 Å². The number of sulfone groups is 1. The largest absolute Gasteiger partial charge is 0.501 e. The first-order valence-corrected chi connectivity index (χ1v) is 8.00. The topological polar surface area (TPSA) is 57.6 Å². The summed E-state index contributed by atoms with van der Waals surface area (Å²) in [6.45, 7) is 2.09. The Labute approximate surface area is 122 Å². The second-order valence-electron chi connectivity index (χ2n) is 4.48. The average Bonchev–Trinajstić information content (AvgIpc) is 2.42. The van der Waals surface area contributed by atoms with Crippen LogP contribution < -0.4 is 4.90 Å². The second-order valence-corrected chi connectivity index (χ2v) is 6.39. The van der Waals surface area contributed by atoms with Crippen molar-refractivity contribution in [1.82, 2.24) is 0 Å². The van der Waals surface area contributed by atoms with Crippen molar-refractivity contribution in [2.75, 3.05) is 24.6 Å². The van der Waals surface area contributed by atoms with Gasteiger partial charge in [-0.2, -0.15) is 13.2 Å². The molecule has 0 radical (unpaired) electrons. The maximum atomic E-state index is 12.7. The molecule has 0 amide bonds. The minimum atomic E-state index is -5.42. The normalized spacial score (nSPS) is 12.4. The highest BCUT2D eigenvalue weighted by Gasteiger charge is 2.48. The standard InChI is InChI=1S/C13H18F3NO3S/c1-2-3-8-17(9-10-18)11-6-4-5-7-12(11)21(19,20)13(14,15)16/h4-7,18H,2-3,8-10H2,1H3. The number of para-hydroxylation sites is 1. The number of alkyl halides is 3. The van der Waals surface area contributed by atoms with Gasteiger partial charge in [0.25, 0.3) is 9.84 Å². The van der Waals surface area contributed by atoms with Gasteiger partial charge in [0, 0.05) is 13.1 Å². The number of rotatable bonds is 7. The number of anilines is 1. The quantitative estimate of drug-likeness (QED) is 0.837. The van der Waals surface area contributed by atoms with E-state index in [-0.39, 0.29) is 18.8 Å². The summed E-state index contributed by atoms with van der Waals surface area (Å²) < 4.78 is 61.5. The molecule has 0 fully saturated rings. The zero-order chi connectivity index (χ0) is 16.1. The fourth-order valence-electron chi connectivity index (χ4n) is 1.89. The van der Waals surface area contributed by atoms with Crippen LogP contribution >= 0.6 is 0 Å². The van der Waals surface area contributed by atoms with Gasteiger partial charge in [-0.3, -0.25) is 0 Å². The van der Waals surface area contributed by atoms with Crippen LogP contribution in [0.15, 0.2) is 29.2 Å². The average molecular weight is 325 g/mol. The summed E-state index contributed by atoms with van der Waals surface area (Å²) >= 11 is 0. The Morgan fingerprint density at radius 1 is 1.19 bits per heavy atom. The Morgan fingerprint density at radius 3 is 2.33 bits per heavy atom. The third-order valence-corrected chi connectivity index (χ3v) is 4.49. The van der Waals surface area contributed by atoms with Crippen LogP contribution in [0.4, 0.5) is 18.9 Å². The fourth-order valence-corrected chi connectivity index (χ4v) is 2.87. The van der Waals surface area contributed by atoms with Gasteiger partial charge in [-0.25, -0.2) is 8.42 Å². The van der Waals surface area contributed by atoms with Crippen molar-refractivity contribution in [3.63, 3.8) is 0 Å². The van der Waals surface area contributed by atoms with Crippen molar-refractivity contribution in [1.29, 1.82) is 0 Å². The predicted molar refractivity (Wildman–Crippen MR) is 73.9 cm³/mol. The highest BCUT2D eigenvalue weighted by molar-refractivity contribution is 7.92. The van der Waals surface area contributed by atoms with Gasteiger partial charge < -0.3 is 10.0 Å². The maximum Gasteiger partial charge on any atom is 0.501 e. The lowest BCUT2D eigenvalue weighted by Gasteiger charge is -2.26. The van der Waals surface area contributed by atoms with E-state index in [1.807, 2.05) is 6.92 Å². The number of halogens is 3. The van der Waals surface area contributed by atoms with Crippen molar-refractivity contribution in [3.05, 3.63) is 24.3 Å². The van der Waals surface area contributed by atoms with Gasteiger partial charge in [0.1, 0.15) is 0 Å². The first-order chi connectivity index (χ1) is 9.75. The van der Waals surface area contributed by atoms with Gasteiger partial charge in [0.2, 0.25) is 0 Å². The molecule has 0 saturated carbocycles. The minimum Gasteiger partial charge on any atom is -0.395 e. The molecule has 120 valence electrons. The van der Waals surface area contributed by atoms with E-state index in [1.54, 1.807) is 0 Å². The van der Waals surface area contributed by atoms with Crippen molar-refractivity contribution < 1.29 is 26.7 Å². The van der Waals surface area contributed by atoms with Crippen LogP contribution in [0.1, 0.15) is 19.8 Å². The summed E-state index contributed by atoms with van der Waals surface area (Å²) in [5.74, 6) is 0. The Bertz CT molecular complexity index is 558. The van der Waals surface area contributed by atoms with Crippen molar-refractivity contribution in [2.24, 2.45) is 0 Å². The molecule has 0 aliphatic carbocycles. The molecule has 0 spiro atoms. The molecule has 0 aliphatic rings. The van der Waals surface area contributed by atoms with Crippen LogP contribution in [0.3, 0.4) is 0 Å². The molecule has 1 rings (SSSR count). The summed E-state index contributed by atoms with van der Waals surface area (Å²) in [7, 11) is -5.42. The van der Waals surface area contributed by atoms with Crippen molar-refractivity contribution in [3.8, 4) is 0 Å². The molecule has 8 heteroatoms. The highest BCUT2D eigenvalue weighted by Crippen LogP contribution is 2.35. The number of aliphatic hydroxyl groups is 1. The summed E-state index contributed by atoms with van der Waals surface area (Å²) in [4.78, 5) is 0.685. The lowest BCUT2D eigenvalue weighted by molar-refractivity contribution is -0.0435. The van der Waals surface area contributed by atoms with Gasteiger partial charge in [0.15, 0.2) is 0 Å². The first kappa shape index (κ1) is 17.8. The fraction of sp³-hybridized carbons (Fsp3) is 0.538. The molecule has 0 heterocycles. The monoisotopic (exact) mass is 325 g/mol. The molecule has 0 atom stereocenters. The maximum absolute atomic E-state index is 12.7. The molecule has 0 aromatic heterocycles. The molecule has 0 unspecified atom stereocenters. The van der Waals surface area contributed by atoms with E-state index in [0.717, 1.165) is 12.5 Å². The summed E-state index contributed by atoms with van der Waals surface area (Å²) in [5, 5.41) is 9.04. The molecule has 1 aromatic rings. The van der Waals surface area contributed by atoms with Crippen LogP contribution in [0, 0.1) is 0 Å². The molecule has 1 N–H and O–H groups in total. The van der Waals surface area contributed by atoms with Crippen LogP contribution in [0.25, 0.3) is 0 Å². The third kappa shape index (κ3) is 4.10. The van der Waals surface area contributed by atoms with E-state index in [0.29, 0.717) is 13.0 Å². The van der Waals surface area contributed by atoms with Gasteiger partial charge in [-0.15, -0.1) is 0 Å². The first-order valence-electron chi connectivity index (χ1n) is 6.52. The molecular formula is C13H18F3NO3S. The van der Waals surface area contributed by atoms with Crippen LogP contribution in [0.2, 0.25) is 0 Å². The zero-order valence-electron chi connectivity index (χ0n) is 11.6. The highest BCUT2D eigenvalue weighted by atomic mass is 32.2. The number of unbranched alkanes of at least 4 members (excludes halogenated alkanes) is 1. The smallest absolute Gasteiger partial charge is 0.395 e. The third-order valence-electron chi connectivity index (χ3n) is 2.95. The zero-order valence-corrected chi connectivity index (χ0v) is 12.4. The lowest BCUT2D eigenvalue weighted by Crippen LogP contribution is -2.31. The Kier molecular flexibility index (Phi) is 6.03. The molecule has 0 bridgehead atoms. The summed E-state index contributed by atoms with van der Waals surface area (Å²) in [6.07, 6.45) is 1.48. The minimum absolute atomic E-state index is 0.0303. The van der Waals surface area contributed by atoms with Crippen LogP contribution in [0.5, 0.6) is 0 Å². The molecule has 1 aromatic carbocycles. The van der Waals surface area contributed by atoms with Crippen LogP contribution in [-0.4, -0.2) is 38.7 Å². The van der Waals surface area contributed by atoms with Crippen LogP contribution in [-0.2, 0) is 9.84 Å². The molecule has 4 nitrogen and oxygen atoms in total. The van der Waals surface area contributed by atoms with Gasteiger partial charge in [-0.05, 0) is 18.6 Å². The van der Waals surface area contributed by atoms with E-state index < -0.39 is 20.2 Å². The predicted octanol–water partition coefficient (Wildman–Crippen LogP) is 2.58. The van der Waals surface area contributed by atoms with Gasteiger partial charge in [0.05, 0.1) is 17.2 Å². The van der Waals surface area contributed by atoms with Gasteiger partial charge >= 0.3 is 5.51 Å². The lowest BCUT2D eigenvalue weighted by atomic mass is 10.2. The Morgan fingerprint density at radius 2 is 1.81 bits per heavy atom. The number of nitrogens with zero attached hydrogens (tertiary/aromatic N) is 1. The van der Waals surface area contributed by atoms with Gasteiger partial charge in [-0.1, -0.05) is 25.5 Å². The number of hydrogen-bond donors (Lipinski definition) is 1. The Hall–Kier alpha value is -1.28. The van der Waals surface area contributed by atoms with Crippen molar-refractivity contribution in [2.45, 2.75) is 30.2 Å². The molecule has 21 heavy (non-hydrogen) atoms. The number of aliphatic hydroxyl groups excluding tert-OH is 1.